The Morgan fingerprint density at radius 2 is 1.87 bits per heavy atom. The summed E-state index contributed by atoms with van der Waals surface area (Å²) in [4.78, 5) is 0. The van der Waals surface area contributed by atoms with E-state index in [2.05, 4.69) is 33.6 Å². The summed E-state index contributed by atoms with van der Waals surface area (Å²) in [6.07, 6.45) is 9.02. The molecule has 0 radical (unpaired) electrons. The van der Waals surface area contributed by atoms with E-state index in [-0.39, 0.29) is 0 Å². The molecule has 0 aliphatic rings. The quantitative estimate of drug-likeness (QED) is 0.450. The maximum atomic E-state index is 4.17. The molecule has 0 N–H and O–H groups in total. The molecule has 0 amide bonds. The van der Waals surface area contributed by atoms with E-state index in [9.17, 15) is 0 Å². The summed E-state index contributed by atoms with van der Waals surface area (Å²) in [7, 11) is 0. The fourth-order valence-electron chi connectivity index (χ4n) is 1.61. The average Bonchev–Trinajstić information content (AvgIpc) is 2.26. The van der Waals surface area contributed by atoms with Crippen molar-refractivity contribution in [2.75, 3.05) is 0 Å². The van der Waals surface area contributed by atoms with Crippen molar-refractivity contribution < 1.29 is 0 Å². The molecule has 0 aromatic heterocycles. The molecule has 0 aromatic carbocycles. The van der Waals surface area contributed by atoms with Crippen molar-refractivity contribution in [2.45, 2.75) is 52.4 Å². The Kier molecular flexibility index (Phi) is 8.08. The minimum Gasteiger partial charge on any atom is -0.102 e. The van der Waals surface area contributed by atoms with Crippen LogP contribution in [0.5, 0.6) is 0 Å². The Balaban J connectivity index is 3.93. The van der Waals surface area contributed by atoms with Crippen LogP contribution in [0.15, 0.2) is 37.0 Å². The first-order valence-corrected chi connectivity index (χ1v) is 6.12. The molecular formula is C15H26. The molecule has 0 bridgehead atoms. The third-order valence-corrected chi connectivity index (χ3v) is 2.98. The summed E-state index contributed by atoms with van der Waals surface area (Å²) >= 11 is 0. The lowest BCUT2D eigenvalue weighted by Crippen LogP contribution is -2.00. The van der Waals surface area contributed by atoms with Crippen molar-refractivity contribution in [3.05, 3.63) is 37.0 Å². The van der Waals surface area contributed by atoms with Crippen LogP contribution in [0.3, 0.4) is 0 Å². The molecule has 0 aliphatic carbocycles. The van der Waals surface area contributed by atoms with Crippen LogP contribution in [0.2, 0.25) is 0 Å². The summed E-state index contributed by atoms with van der Waals surface area (Å²) in [5, 5.41) is 0. The number of hydrogen-bond donors (Lipinski definition) is 0. The van der Waals surface area contributed by atoms with Crippen molar-refractivity contribution in [3.8, 4) is 0 Å². The minimum atomic E-state index is 0.509. The molecule has 15 heavy (non-hydrogen) atoms. The van der Waals surface area contributed by atoms with Gasteiger partial charge in [0.05, 0.1) is 0 Å². The van der Waals surface area contributed by atoms with E-state index in [0.29, 0.717) is 5.92 Å². The van der Waals surface area contributed by atoms with Crippen LogP contribution in [-0.4, -0.2) is 0 Å². The topological polar surface area (TPSA) is 0 Å². The van der Waals surface area contributed by atoms with Gasteiger partial charge in [-0.05, 0) is 31.6 Å². The lowest BCUT2D eigenvalue weighted by atomic mass is 9.90. The summed E-state index contributed by atoms with van der Waals surface area (Å²) in [6, 6.07) is 0. The molecule has 0 spiro atoms. The lowest BCUT2D eigenvalue weighted by molar-refractivity contribution is 0.599. The predicted octanol–water partition coefficient (Wildman–Crippen LogP) is 5.28. The van der Waals surface area contributed by atoms with E-state index in [1.165, 1.54) is 30.4 Å². The zero-order chi connectivity index (χ0) is 11.7. The monoisotopic (exact) mass is 206 g/mol. The fourth-order valence-corrected chi connectivity index (χ4v) is 1.61. The van der Waals surface area contributed by atoms with Crippen LogP contribution in [0.1, 0.15) is 52.4 Å². The third-order valence-electron chi connectivity index (χ3n) is 2.98. The molecule has 0 heterocycles. The molecular weight excluding hydrogens is 180 g/mol. The number of rotatable bonds is 9. The van der Waals surface area contributed by atoms with Gasteiger partial charge in [-0.15, -0.1) is 6.58 Å². The van der Waals surface area contributed by atoms with Gasteiger partial charge in [0.2, 0.25) is 0 Å². The number of hydrogen-bond acceptors (Lipinski definition) is 0. The maximum absolute atomic E-state index is 4.17. The molecule has 0 heteroatoms. The SMILES string of the molecule is C=CC(CCCC)C(=C)CCC(=C)CC. The van der Waals surface area contributed by atoms with E-state index in [1.807, 2.05) is 6.08 Å². The van der Waals surface area contributed by atoms with Crippen LogP contribution in [0.4, 0.5) is 0 Å². The molecule has 0 rings (SSSR count). The van der Waals surface area contributed by atoms with Gasteiger partial charge in [0.25, 0.3) is 0 Å². The first-order chi connectivity index (χ1) is 7.15. The number of allylic oxidation sites excluding steroid dienone is 3. The first-order valence-electron chi connectivity index (χ1n) is 6.12. The van der Waals surface area contributed by atoms with Crippen molar-refractivity contribution in [3.63, 3.8) is 0 Å². The second-order valence-corrected chi connectivity index (χ2v) is 4.25. The van der Waals surface area contributed by atoms with Crippen LogP contribution in [-0.2, 0) is 0 Å². The summed E-state index contributed by atoms with van der Waals surface area (Å²) in [5.74, 6) is 0.509. The Morgan fingerprint density at radius 3 is 2.33 bits per heavy atom. The van der Waals surface area contributed by atoms with E-state index < -0.39 is 0 Å². The van der Waals surface area contributed by atoms with Gasteiger partial charge in [-0.3, -0.25) is 0 Å². The molecule has 0 aromatic rings. The molecule has 1 unspecified atom stereocenters. The highest BCUT2D eigenvalue weighted by Crippen LogP contribution is 2.23. The predicted molar refractivity (Wildman–Crippen MR) is 71.0 cm³/mol. The zero-order valence-electron chi connectivity index (χ0n) is 10.5. The molecule has 0 fully saturated rings. The smallest absolute Gasteiger partial charge is 0.00285 e. The second-order valence-electron chi connectivity index (χ2n) is 4.25. The van der Waals surface area contributed by atoms with Gasteiger partial charge in [0.1, 0.15) is 0 Å². The Morgan fingerprint density at radius 1 is 1.20 bits per heavy atom. The van der Waals surface area contributed by atoms with Crippen LogP contribution in [0, 0.1) is 5.92 Å². The van der Waals surface area contributed by atoms with Crippen molar-refractivity contribution >= 4 is 0 Å². The maximum Gasteiger partial charge on any atom is -0.00285 e. The highest BCUT2D eigenvalue weighted by atomic mass is 14.1. The third kappa shape index (κ3) is 6.33. The highest BCUT2D eigenvalue weighted by Gasteiger charge is 2.08. The largest absolute Gasteiger partial charge is 0.102 e. The molecule has 0 aliphatic heterocycles. The van der Waals surface area contributed by atoms with E-state index in [4.69, 9.17) is 0 Å². The molecule has 0 saturated carbocycles. The summed E-state index contributed by atoms with van der Waals surface area (Å²) in [6.45, 7) is 16.5. The van der Waals surface area contributed by atoms with Crippen LogP contribution >= 0.6 is 0 Å². The standard InChI is InChI=1S/C15H26/c1-6-9-10-15(8-3)14(5)12-11-13(4)7-2/h8,15H,3-7,9-12H2,1-2H3. The lowest BCUT2D eigenvalue weighted by Gasteiger charge is -2.15. The van der Waals surface area contributed by atoms with E-state index >= 15 is 0 Å². The Bertz CT molecular complexity index is 210. The second kappa shape index (κ2) is 8.52. The van der Waals surface area contributed by atoms with Crippen LogP contribution in [0.25, 0.3) is 0 Å². The van der Waals surface area contributed by atoms with E-state index in [0.717, 1.165) is 19.3 Å². The van der Waals surface area contributed by atoms with Crippen molar-refractivity contribution in [1.82, 2.24) is 0 Å². The fraction of sp³-hybridized carbons (Fsp3) is 0.600. The van der Waals surface area contributed by atoms with Gasteiger partial charge >= 0.3 is 0 Å². The summed E-state index contributed by atoms with van der Waals surface area (Å²) in [5.41, 5.74) is 2.66. The molecule has 0 saturated heterocycles. The van der Waals surface area contributed by atoms with Gasteiger partial charge in [0.15, 0.2) is 0 Å². The Labute approximate surface area is 95.8 Å². The minimum absolute atomic E-state index is 0.509. The molecule has 1 atom stereocenters. The van der Waals surface area contributed by atoms with Crippen LogP contribution < -0.4 is 0 Å². The number of unbranched alkanes of at least 4 members (excludes halogenated alkanes) is 1. The molecule has 86 valence electrons. The zero-order valence-corrected chi connectivity index (χ0v) is 10.5. The highest BCUT2D eigenvalue weighted by molar-refractivity contribution is 5.10. The van der Waals surface area contributed by atoms with Gasteiger partial charge < -0.3 is 0 Å². The van der Waals surface area contributed by atoms with Gasteiger partial charge in [-0.25, -0.2) is 0 Å². The summed E-state index contributed by atoms with van der Waals surface area (Å²) < 4.78 is 0. The average molecular weight is 206 g/mol. The van der Waals surface area contributed by atoms with E-state index in [1.54, 1.807) is 0 Å². The molecule has 0 nitrogen and oxygen atoms in total. The van der Waals surface area contributed by atoms with Gasteiger partial charge in [-0.1, -0.05) is 57.1 Å². The Hall–Kier alpha value is -0.780. The van der Waals surface area contributed by atoms with Crippen molar-refractivity contribution in [2.24, 2.45) is 5.92 Å². The van der Waals surface area contributed by atoms with Gasteiger partial charge in [-0.2, -0.15) is 0 Å². The van der Waals surface area contributed by atoms with Gasteiger partial charge in [0, 0.05) is 0 Å². The first kappa shape index (κ1) is 14.2. The van der Waals surface area contributed by atoms with Crippen molar-refractivity contribution in [1.29, 1.82) is 0 Å². The normalized spacial score (nSPS) is 12.1.